The second-order valence-electron chi connectivity index (χ2n) is 2.50. The van der Waals surface area contributed by atoms with Crippen LogP contribution in [0.4, 0.5) is 4.39 Å². The topological polar surface area (TPSA) is 40.5 Å². The Morgan fingerprint density at radius 3 is 2.27 bits per heavy atom. The minimum atomic E-state index is -0.696. The van der Waals surface area contributed by atoms with Gasteiger partial charge in [-0.15, -0.1) is 0 Å². The summed E-state index contributed by atoms with van der Waals surface area (Å²) in [5, 5.41) is 18.2. The van der Waals surface area contributed by atoms with Crippen molar-refractivity contribution in [2.24, 2.45) is 0 Å². The molecule has 0 spiro atoms. The minimum absolute atomic E-state index is 0.0519. The van der Waals surface area contributed by atoms with E-state index in [9.17, 15) is 9.50 Å². The van der Waals surface area contributed by atoms with Gasteiger partial charge in [-0.05, 0) is 25.5 Å². The molecule has 0 bridgehead atoms. The zero-order chi connectivity index (χ0) is 8.59. The number of halogens is 1. The first-order chi connectivity index (χ1) is 5.04. The number of hydrogen-bond donors (Lipinski definition) is 2. The number of aromatic hydroxyl groups is 2. The van der Waals surface area contributed by atoms with Crippen molar-refractivity contribution in [2.75, 3.05) is 0 Å². The lowest BCUT2D eigenvalue weighted by atomic mass is 10.1. The van der Waals surface area contributed by atoms with E-state index in [0.717, 1.165) is 6.07 Å². The Hall–Kier alpha value is -1.25. The number of aryl methyl sites for hydroxylation is 1. The highest BCUT2D eigenvalue weighted by atomic mass is 19.1. The maximum Gasteiger partial charge on any atom is 0.165 e. The van der Waals surface area contributed by atoms with E-state index in [1.165, 1.54) is 6.92 Å². The first-order valence-electron chi connectivity index (χ1n) is 3.21. The van der Waals surface area contributed by atoms with E-state index in [-0.39, 0.29) is 11.3 Å². The highest BCUT2D eigenvalue weighted by Crippen LogP contribution is 2.31. The van der Waals surface area contributed by atoms with E-state index >= 15 is 0 Å². The summed E-state index contributed by atoms with van der Waals surface area (Å²) in [6.07, 6.45) is 0. The number of hydrogen-bond acceptors (Lipinski definition) is 2. The molecule has 60 valence electrons. The monoisotopic (exact) mass is 156 g/mol. The third-order valence-electron chi connectivity index (χ3n) is 1.65. The van der Waals surface area contributed by atoms with Gasteiger partial charge < -0.3 is 10.2 Å². The Kier molecular flexibility index (Phi) is 1.72. The largest absolute Gasteiger partial charge is 0.507 e. The van der Waals surface area contributed by atoms with Crippen LogP contribution in [0.2, 0.25) is 0 Å². The molecule has 0 aromatic heterocycles. The van der Waals surface area contributed by atoms with Gasteiger partial charge in [0.1, 0.15) is 5.75 Å². The lowest BCUT2D eigenvalue weighted by Gasteiger charge is -2.05. The van der Waals surface area contributed by atoms with Gasteiger partial charge in [-0.3, -0.25) is 0 Å². The average Bonchev–Trinajstić information content (AvgIpc) is 1.97. The first kappa shape index (κ1) is 7.85. The van der Waals surface area contributed by atoms with Crippen LogP contribution in [0.1, 0.15) is 11.1 Å². The van der Waals surface area contributed by atoms with Crippen LogP contribution in [0.3, 0.4) is 0 Å². The molecule has 0 aliphatic rings. The summed E-state index contributed by atoms with van der Waals surface area (Å²) in [7, 11) is 0. The number of phenolic OH excluding ortho intramolecular Hbond substituents is 2. The van der Waals surface area contributed by atoms with E-state index in [1.807, 2.05) is 0 Å². The highest BCUT2D eigenvalue weighted by molar-refractivity contribution is 5.47. The number of phenols is 2. The Morgan fingerprint density at radius 2 is 1.73 bits per heavy atom. The molecule has 0 aliphatic carbocycles. The van der Waals surface area contributed by atoms with Crippen LogP contribution in [0.15, 0.2) is 6.07 Å². The second-order valence-corrected chi connectivity index (χ2v) is 2.50. The number of rotatable bonds is 0. The standard InChI is InChI=1S/C8H9FO2/c1-4-3-6(9)8(11)5(2)7(4)10/h3,10-11H,1-2H3. The maximum absolute atomic E-state index is 12.7. The van der Waals surface area contributed by atoms with Crippen molar-refractivity contribution in [2.45, 2.75) is 13.8 Å². The van der Waals surface area contributed by atoms with Gasteiger partial charge in [0, 0.05) is 5.56 Å². The molecule has 11 heavy (non-hydrogen) atoms. The molecular formula is C8H9FO2. The molecule has 2 N–H and O–H groups in total. The van der Waals surface area contributed by atoms with Crippen molar-refractivity contribution in [3.8, 4) is 11.5 Å². The molecule has 0 amide bonds. The van der Waals surface area contributed by atoms with Crippen molar-refractivity contribution < 1.29 is 14.6 Å². The van der Waals surface area contributed by atoms with Crippen LogP contribution in [0.5, 0.6) is 11.5 Å². The molecule has 0 heterocycles. The fourth-order valence-electron chi connectivity index (χ4n) is 0.914. The predicted molar refractivity (Wildman–Crippen MR) is 39.2 cm³/mol. The lowest BCUT2D eigenvalue weighted by molar-refractivity contribution is 0.411. The fraction of sp³-hybridized carbons (Fsp3) is 0.250. The summed E-state index contributed by atoms with van der Waals surface area (Å²) in [6, 6.07) is 1.09. The zero-order valence-electron chi connectivity index (χ0n) is 6.35. The fourth-order valence-corrected chi connectivity index (χ4v) is 0.914. The van der Waals surface area contributed by atoms with Gasteiger partial charge in [0.15, 0.2) is 11.6 Å². The van der Waals surface area contributed by atoms with E-state index in [1.54, 1.807) is 6.92 Å². The number of benzene rings is 1. The smallest absolute Gasteiger partial charge is 0.165 e. The molecular weight excluding hydrogens is 147 g/mol. The van der Waals surface area contributed by atoms with Crippen LogP contribution in [-0.2, 0) is 0 Å². The summed E-state index contributed by atoms with van der Waals surface area (Å²) >= 11 is 0. The van der Waals surface area contributed by atoms with Gasteiger partial charge in [-0.2, -0.15) is 0 Å². The van der Waals surface area contributed by atoms with Crippen molar-refractivity contribution in [3.63, 3.8) is 0 Å². The summed E-state index contributed by atoms with van der Waals surface area (Å²) in [6.45, 7) is 3.03. The van der Waals surface area contributed by atoms with E-state index in [4.69, 9.17) is 5.11 Å². The molecule has 0 saturated carbocycles. The Labute approximate surface area is 63.9 Å². The minimum Gasteiger partial charge on any atom is -0.507 e. The van der Waals surface area contributed by atoms with Crippen LogP contribution in [0.25, 0.3) is 0 Å². The van der Waals surface area contributed by atoms with Gasteiger partial charge >= 0.3 is 0 Å². The third-order valence-corrected chi connectivity index (χ3v) is 1.65. The predicted octanol–water partition coefficient (Wildman–Crippen LogP) is 1.85. The Balaban J connectivity index is 3.46. The molecule has 1 rings (SSSR count). The molecule has 3 heteroatoms. The molecule has 0 atom stereocenters. The van der Waals surface area contributed by atoms with E-state index in [0.29, 0.717) is 5.56 Å². The average molecular weight is 156 g/mol. The molecule has 0 saturated heterocycles. The summed E-state index contributed by atoms with van der Waals surface area (Å²) in [4.78, 5) is 0. The molecule has 0 radical (unpaired) electrons. The van der Waals surface area contributed by atoms with Gasteiger partial charge in [0.25, 0.3) is 0 Å². The van der Waals surface area contributed by atoms with Crippen molar-refractivity contribution in [3.05, 3.63) is 23.0 Å². The first-order valence-corrected chi connectivity index (χ1v) is 3.21. The normalized spacial score (nSPS) is 10.1. The van der Waals surface area contributed by atoms with Crippen LogP contribution in [-0.4, -0.2) is 10.2 Å². The zero-order valence-corrected chi connectivity index (χ0v) is 6.35. The Morgan fingerprint density at radius 1 is 1.18 bits per heavy atom. The van der Waals surface area contributed by atoms with Gasteiger partial charge in [-0.1, -0.05) is 0 Å². The van der Waals surface area contributed by atoms with Crippen molar-refractivity contribution in [1.82, 2.24) is 0 Å². The molecule has 1 aromatic carbocycles. The third kappa shape index (κ3) is 1.13. The summed E-state index contributed by atoms with van der Waals surface area (Å²) < 4.78 is 12.7. The lowest BCUT2D eigenvalue weighted by Crippen LogP contribution is -1.85. The molecule has 2 nitrogen and oxygen atoms in total. The second kappa shape index (κ2) is 2.42. The van der Waals surface area contributed by atoms with Crippen molar-refractivity contribution >= 4 is 0 Å². The van der Waals surface area contributed by atoms with Crippen LogP contribution < -0.4 is 0 Å². The molecule has 0 fully saturated rings. The molecule has 0 unspecified atom stereocenters. The van der Waals surface area contributed by atoms with E-state index < -0.39 is 11.6 Å². The highest BCUT2D eigenvalue weighted by Gasteiger charge is 2.10. The quantitative estimate of drug-likeness (QED) is 0.601. The van der Waals surface area contributed by atoms with Crippen LogP contribution in [0, 0.1) is 19.7 Å². The van der Waals surface area contributed by atoms with Crippen LogP contribution >= 0.6 is 0 Å². The summed E-state index contributed by atoms with van der Waals surface area (Å²) in [5.41, 5.74) is 0.611. The van der Waals surface area contributed by atoms with E-state index in [2.05, 4.69) is 0 Å². The Bertz CT molecular complexity index is 268. The SMILES string of the molecule is Cc1cc(F)c(O)c(C)c1O. The maximum atomic E-state index is 12.7. The van der Waals surface area contributed by atoms with Crippen molar-refractivity contribution in [1.29, 1.82) is 0 Å². The van der Waals surface area contributed by atoms with Gasteiger partial charge in [0.2, 0.25) is 0 Å². The summed E-state index contributed by atoms with van der Waals surface area (Å²) in [5.74, 6) is -1.23. The van der Waals surface area contributed by atoms with Gasteiger partial charge in [0.05, 0.1) is 0 Å². The molecule has 0 aliphatic heterocycles. The molecule has 1 aromatic rings. The van der Waals surface area contributed by atoms with Gasteiger partial charge in [-0.25, -0.2) is 4.39 Å².